The molecule has 0 aliphatic carbocycles. The molecule has 0 saturated heterocycles. The molecule has 2 aromatic rings. The van der Waals surface area contributed by atoms with Crippen LogP contribution < -0.4 is 0 Å². The Morgan fingerprint density at radius 2 is 2.11 bits per heavy atom. The number of halogens is 3. The lowest BCUT2D eigenvalue weighted by Crippen LogP contribution is -2.14. The van der Waals surface area contributed by atoms with Crippen molar-refractivity contribution in [3.05, 3.63) is 29.2 Å². The molecule has 0 spiro atoms. The van der Waals surface area contributed by atoms with Crippen LogP contribution in [-0.4, -0.2) is 26.8 Å². The Hall–Kier alpha value is -1.67. The molecular formula is C11H12F3N3O2. The van der Waals surface area contributed by atoms with Crippen LogP contribution in [0, 0.1) is 0 Å². The average molecular weight is 275 g/mol. The van der Waals surface area contributed by atoms with Gasteiger partial charge >= 0.3 is 6.18 Å². The Bertz CT molecular complexity index is 595. The van der Waals surface area contributed by atoms with Crippen molar-refractivity contribution in [3.8, 4) is 0 Å². The van der Waals surface area contributed by atoms with Crippen molar-refractivity contribution in [1.82, 2.24) is 14.6 Å². The van der Waals surface area contributed by atoms with E-state index in [9.17, 15) is 18.3 Å². The van der Waals surface area contributed by atoms with Crippen molar-refractivity contribution >= 4 is 5.65 Å². The van der Waals surface area contributed by atoms with Crippen LogP contribution in [0.1, 0.15) is 30.3 Å². The second-order valence-corrected chi connectivity index (χ2v) is 3.91. The number of hydrogen-bond acceptors (Lipinski definition) is 4. The van der Waals surface area contributed by atoms with Crippen molar-refractivity contribution in [2.24, 2.45) is 0 Å². The van der Waals surface area contributed by atoms with Crippen LogP contribution in [0.5, 0.6) is 0 Å². The number of fused-ring (bicyclic) bond motifs is 1. The molecule has 19 heavy (non-hydrogen) atoms. The van der Waals surface area contributed by atoms with Gasteiger partial charge in [-0.15, -0.1) is 0 Å². The van der Waals surface area contributed by atoms with E-state index < -0.39 is 18.2 Å². The molecule has 0 radical (unpaired) electrons. The maximum Gasteiger partial charge on any atom is 0.433 e. The van der Waals surface area contributed by atoms with Crippen molar-refractivity contribution in [1.29, 1.82) is 0 Å². The fourth-order valence-electron chi connectivity index (χ4n) is 1.67. The van der Waals surface area contributed by atoms with Crippen LogP contribution in [-0.2, 0) is 17.3 Å². The Kier molecular flexibility index (Phi) is 3.46. The molecule has 2 aromatic heterocycles. The summed E-state index contributed by atoms with van der Waals surface area (Å²) in [6.07, 6.45) is -5.56. The molecule has 0 aromatic carbocycles. The topological polar surface area (TPSA) is 59.7 Å². The highest BCUT2D eigenvalue weighted by molar-refractivity contribution is 5.42. The molecule has 0 fully saturated rings. The van der Waals surface area contributed by atoms with Gasteiger partial charge in [0, 0.05) is 18.9 Å². The van der Waals surface area contributed by atoms with Gasteiger partial charge in [0.25, 0.3) is 0 Å². The minimum absolute atomic E-state index is 0.0197. The Morgan fingerprint density at radius 3 is 2.63 bits per heavy atom. The summed E-state index contributed by atoms with van der Waals surface area (Å²) >= 11 is 0. The molecule has 0 amide bonds. The molecule has 1 N–H and O–H groups in total. The third-order valence-electron chi connectivity index (χ3n) is 2.63. The normalized spacial score (nSPS) is 14.0. The van der Waals surface area contributed by atoms with Gasteiger partial charge in [0.1, 0.15) is 11.4 Å². The van der Waals surface area contributed by atoms with Crippen LogP contribution in [0.3, 0.4) is 0 Å². The smallest absolute Gasteiger partial charge is 0.363 e. The summed E-state index contributed by atoms with van der Waals surface area (Å²) in [4.78, 5) is 4.04. The van der Waals surface area contributed by atoms with Gasteiger partial charge in [-0.2, -0.15) is 18.3 Å². The minimum atomic E-state index is -4.55. The first-order chi connectivity index (χ1) is 8.86. The zero-order valence-electron chi connectivity index (χ0n) is 10.3. The number of methoxy groups -OCH3 is 1. The van der Waals surface area contributed by atoms with Gasteiger partial charge < -0.3 is 9.84 Å². The lowest BCUT2D eigenvalue weighted by Gasteiger charge is -2.10. The number of nitrogens with zero attached hydrogens (tertiary/aromatic N) is 3. The zero-order chi connectivity index (χ0) is 14.2. The summed E-state index contributed by atoms with van der Waals surface area (Å²) in [6, 6.07) is 2.21. The van der Waals surface area contributed by atoms with Gasteiger partial charge in [-0.25, -0.2) is 9.50 Å². The summed E-state index contributed by atoms with van der Waals surface area (Å²) in [5, 5.41) is 13.1. The van der Waals surface area contributed by atoms with Crippen LogP contribution in [0.4, 0.5) is 13.2 Å². The average Bonchev–Trinajstić information content (AvgIpc) is 2.78. The molecule has 1 atom stereocenters. The summed E-state index contributed by atoms with van der Waals surface area (Å²) in [5.41, 5.74) is -0.617. The number of aromatic nitrogens is 3. The Labute approximate surface area is 106 Å². The monoisotopic (exact) mass is 275 g/mol. The molecular weight excluding hydrogens is 263 g/mol. The van der Waals surface area contributed by atoms with E-state index in [4.69, 9.17) is 0 Å². The largest absolute Gasteiger partial charge is 0.433 e. The molecule has 5 nitrogen and oxygen atoms in total. The number of aliphatic hydroxyl groups excluding tert-OH is 1. The predicted octanol–water partition coefficient (Wildman–Crippen LogP) is 1.95. The van der Waals surface area contributed by atoms with E-state index in [0.29, 0.717) is 16.6 Å². The maximum absolute atomic E-state index is 12.9. The number of aliphatic hydroxyl groups is 1. The van der Waals surface area contributed by atoms with Crippen molar-refractivity contribution in [3.63, 3.8) is 0 Å². The van der Waals surface area contributed by atoms with E-state index >= 15 is 0 Å². The van der Waals surface area contributed by atoms with E-state index in [1.54, 1.807) is 6.92 Å². The van der Waals surface area contributed by atoms with Crippen LogP contribution in [0.25, 0.3) is 5.65 Å². The van der Waals surface area contributed by atoms with Gasteiger partial charge in [-0.1, -0.05) is 6.92 Å². The number of rotatable bonds is 3. The molecule has 1 unspecified atom stereocenters. The number of ether oxygens (including phenoxy) is 1. The van der Waals surface area contributed by atoms with E-state index in [2.05, 4.69) is 14.8 Å². The first-order valence-corrected chi connectivity index (χ1v) is 5.54. The summed E-state index contributed by atoms with van der Waals surface area (Å²) in [5.74, 6) is 0. The lowest BCUT2D eigenvalue weighted by atomic mass is 10.2. The fourth-order valence-corrected chi connectivity index (χ4v) is 1.67. The molecule has 8 heteroatoms. The molecule has 0 bridgehead atoms. The van der Waals surface area contributed by atoms with Crippen LogP contribution >= 0.6 is 0 Å². The highest BCUT2D eigenvalue weighted by atomic mass is 19.4. The Morgan fingerprint density at radius 1 is 1.42 bits per heavy atom. The lowest BCUT2D eigenvalue weighted by molar-refractivity contribution is -0.143. The van der Waals surface area contributed by atoms with Crippen molar-refractivity contribution < 1.29 is 23.0 Å². The Balaban J connectivity index is 2.68. The summed E-state index contributed by atoms with van der Waals surface area (Å²) < 4.78 is 44.1. The summed E-state index contributed by atoms with van der Waals surface area (Å²) in [7, 11) is 1.23. The molecule has 2 rings (SSSR count). The highest BCUT2D eigenvalue weighted by Gasteiger charge is 2.35. The standard InChI is InChI=1S/C11H12F3N3O2/c1-3-6-4-8(11(12,13)14)17-9(15-6)5-7(16-17)10(18)19-2/h4-5,10,18H,3H2,1-2H3. The highest BCUT2D eigenvalue weighted by Crippen LogP contribution is 2.30. The number of hydrogen-bond donors (Lipinski definition) is 1. The van der Waals surface area contributed by atoms with E-state index in [0.717, 1.165) is 6.07 Å². The van der Waals surface area contributed by atoms with Gasteiger partial charge in [-0.05, 0) is 12.5 Å². The molecule has 2 heterocycles. The van der Waals surface area contributed by atoms with Gasteiger partial charge in [0.2, 0.25) is 0 Å². The summed E-state index contributed by atoms with van der Waals surface area (Å²) in [6.45, 7) is 1.71. The maximum atomic E-state index is 12.9. The van der Waals surface area contributed by atoms with Gasteiger partial charge in [0.15, 0.2) is 11.9 Å². The van der Waals surface area contributed by atoms with E-state index in [1.807, 2.05) is 0 Å². The second kappa shape index (κ2) is 4.78. The third kappa shape index (κ3) is 2.54. The first kappa shape index (κ1) is 13.8. The third-order valence-corrected chi connectivity index (χ3v) is 2.63. The molecule has 0 aliphatic heterocycles. The zero-order valence-corrected chi connectivity index (χ0v) is 10.3. The number of alkyl halides is 3. The van der Waals surface area contributed by atoms with Crippen LogP contribution in [0.2, 0.25) is 0 Å². The number of aryl methyl sites for hydroxylation is 1. The minimum Gasteiger partial charge on any atom is -0.363 e. The van der Waals surface area contributed by atoms with Gasteiger partial charge in [-0.3, -0.25) is 0 Å². The van der Waals surface area contributed by atoms with Crippen molar-refractivity contribution in [2.75, 3.05) is 7.11 Å². The first-order valence-electron chi connectivity index (χ1n) is 5.54. The van der Waals surface area contributed by atoms with Crippen molar-refractivity contribution in [2.45, 2.75) is 25.8 Å². The quantitative estimate of drug-likeness (QED) is 0.870. The fraction of sp³-hybridized carbons (Fsp3) is 0.455. The predicted molar refractivity (Wildman–Crippen MR) is 59.3 cm³/mol. The van der Waals surface area contributed by atoms with E-state index in [-0.39, 0.29) is 11.3 Å². The van der Waals surface area contributed by atoms with Gasteiger partial charge in [0.05, 0.1) is 0 Å². The SMILES string of the molecule is CCc1cc(C(F)(F)F)n2nc(C(O)OC)cc2n1. The molecule has 0 saturated carbocycles. The molecule has 0 aliphatic rings. The van der Waals surface area contributed by atoms with Crippen LogP contribution in [0.15, 0.2) is 12.1 Å². The second-order valence-electron chi connectivity index (χ2n) is 3.91. The molecule has 104 valence electrons. The van der Waals surface area contributed by atoms with E-state index in [1.165, 1.54) is 13.2 Å².